The molecule has 0 saturated carbocycles. The van der Waals surface area contributed by atoms with Gasteiger partial charge < -0.3 is 9.64 Å². The quantitative estimate of drug-likeness (QED) is 0.195. The third kappa shape index (κ3) is 8.31. The minimum absolute atomic E-state index is 0.124. The van der Waals surface area contributed by atoms with Crippen LogP contribution in [0.4, 0.5) is 0 Å². The summed E-state index contributed by atoms with van der Waals surface area (Å²) in [5.41, 5.74) is 2.88. The lowest BCUT2D eigenvalue weighted by molar-refractivity contribution is 0.233. The maximum atomic E-state index is 5.53. The van der Waals surface area contributed by atoms with Crippen LogP contribution < -0.4 is 0 Å². The lowest BCUT2D eigenvalue weighted by Crippen LogP contribution is -2.21. The Balaban J connectivity index is 1.48. The van der Waals surface area contributed by atoms with E-state index >= 15 is 0 Å². The highest BCUT2D eigenvalue weighted by Crippen LogP contribution is 2.53. The highest BCUT2D eigenvalue weighted by molar-refractivity contribution is 5.36. The number of unbranched alkanes of at least 4 members (excludes halogenated alkanes) is 15. The van der Waals surface area contributed by atoms with E-state index in [1.807, 2.05) is 0 Å². The Hall–Kier alpha value is -1.18. The highest BCUT2D eigenvalue weighted by Gasteiger charge is 2.46. The van der Waals surface area contributed by atoms with Gasteiger partial charge in [-0.15, -0.1) is 0 Å². The molecule has 0 radical (unpaired) electrons. The van der Waals surface area contributed by atoms with E-state index in [0.29, 0.717) is 5.92 Å². The molecular formula is C30H53NO. The first-order valence-electron chi connectivity index (χ1n) is 13.9. The van der Waals surface area contributed by atoms with Crippen LogP contribution >= 0.6 is 0 Å². The van der Waals surface area contributed by atoms with Crippen molar-refractivity contribution in [2.45, 2.75) is 130 Å². The van der Waals surface area contributed by atoms with Gasteiger partial charge in [0.05, 0.1) is 12.9 Å². The molecule has 0 spiro atoms. The van der Waals surface area contributed by atoms with E-state index < -0.39 is 0 Å². The van der Waals surface area contributed by atoms with Crippen LogP contribution in [0.25, 0.3) is 0 Å². The van der Waals surface area contributed by atoms with Crippen LogP contribution in [0.3, 0.4) is 0 Å². The van der Waals surface area contributed by atoms with Gasteiger partial charge in [-0.3, -0.25) is 0 Å². The second kappa shape index (κ2) is 14.9. The van der Waals surface area contributed by atoms with Crippen LogP contribution in [-0.4, -0.2) is 18.6 Å². The average molecular weight is 444 g/mol. The Morgan fingerprint density at radius 3 is 1.75 bits per heavy atom. The van der Waals surface area contributed by atoms with Crippen molar-refractivity contribution in [1.29, 1.82) is 0 Å². The van der Waals surface area contributed by atoms with Crippen molar-refractivity contribution >= 4 is 0 Å². The molecule has 0 amide bonds. The fraction of sp³-hybridized carbons (Fsp3) is 0.800. The molecule has 2 nitrogen and oxygen atoms in total. The summed E-state index contributed by atoms with van der Waals surface area (Å²) in [5.74, 6) is 1.61. The maximum Gasteiger partial charge on any atom is 0.0963 e. The number of allylic oxidation sites excluding steroid dienone is 5. The first-order valence-corrected chi connectivity index (χ1v) is 13.9. The summed E-state index contributed by atoms with van der Waals surface area (Å²) in [7, 11) is 1.79. The van der Waals surface area contributed by atoms with Crippen LogP contribution in [-0.2, 0) is 4.74 Å². The Bertz CT molecular complexity index is 600. The van der Waals surface area contributed by atoms with E-state index in [2.05, 4.69) is 44.4 Å². The molecule has 2 rings (SSSR count). The topological polar surface area (TPSA) is 12.5 Å². The van der Waals surface area contributed by atoms with Gasteiger partial charge in [-0.05, 0) is 18.6 Å². The van der Waals surface area contributed by atoms with Crippen molar-refractivity contribution in [1.82, 2.24) is 4.90 Å². The van der Waals surface area contributed by atoms with Crippen molar-refractivity contribution in [3.05, 3.63) is 35.9 Å². The van der Waals surface area contributed by atoms with Crippen molar-refractivity contribution in [2.75, 3.05) is 13.7 Å². The molecule has 0 aromatic heterocycles. The molecule has 32 heavy (non-hydrogen) atoms. The molecule has 1 aliphatic heterocycles. The van der Waals surface area contributed by atoms with Crippen LogP contribution in [0.2, 0.25) is 0 Å². The zero-order valence-corrected chi connectivity index (χ0v) is 22.0. The van der Waals surface area contributed by atoms with Gasteiger partial charge in [0.15, 0.2) is 0 Å². The highest BCUT2D eigenvalue weighted by atomic mass is 16.5. The molecule has 0 N–H and O–H groups in total. The number of hydrogen-bond acceptors (Lipinski definition) is 2. The Labute approximate surface area is 200 Å². The molecule has 184 valence electrons. The second-order valence-corrected chi connectivity index (χ2v) is 10.8. The lowest BCUT2D eigenvalue weighted by Gasteiger charge is -2.28. The molecule has 1 fully saturated rings. The maximum absolute atomic E-state index is 5.53. The summed E-state index contributed by atoms with van der Waals surface area (Å²) in [6.07, 6.45) is 28.2. The monoisotopic (exact) mass is 443 g/mol. The van der Waals surface area contributed by atoms with Gasteiger partial charge in [0.1, 0.15) is 0 Å². The van der Waals surface area contributed by atoms with Crippen molar-refractivity contribution in [2.24, 2.45) is 11.3 Å². The normalized spacial score (nSPS) is 19.7. The van der Waals surface area contributed by atoms with E-state index in [-0.39, 0.29) is 5.41 Å². The molecule has 1 aliphatic carbocycles. The molecule has 0 bridgehead atoms. The zero-order valence-electron chi connectivity index (χ0n) is 22.0. The lowest BCUT2D eigenvalue weighted by atomic mass is 9.75. The minimum atomic E-state index is 0.124. The van der Waals surface area contributed by atoms with Crippen molar-refractivity contribution in [3.8, 4) is 0 Å². The molecule has 0 aromatic carbocycles. The molecule has 0 aromatic rings. The molecule has 1 unspecified atom stereocenters. The Kier molecular flexibility index (Phi) is 12.6. The predicted molar refractivity (Wildman–Crippen MR) is 140 cm³/mol. The van der Waals surface area contributed by atoms with Gasteiger partial charge in [0.25, 0.3) is 0 Å². The Morgan fingerprint density at radius 1 is 0.812 bits per heavy atom. The summed E-state index contributed by atoms with van der Waals surface area (Å²) in [6, 6.07) is 0. The number of methoxy groups -OCH3 is 1. The van der Waals surface area contributed by atoms with Crippen molar-refractivity contribution in [3.63, 3.8) is 0 Å². The number of fused-ring (bicyclic) bond motifs is 1. The fourth-order valence-electron chi connectivity index (χ4n) is 5.51. The van der Waals surface area contributed by atoms with Crippen molar-refractivity contribution < 1.29 is 4.74 Å². The molecular weight excluding hydrogens is 390 g/mol. The molecule has 2 heteroatoms. The summed E-state index contributed by atoms with van der Waals surface area (Å²) in [5, 5.41) is 0. The van der Waals surface area contributed by atoms with E-state index in [1.54, 1.807) is 7.11 Å². The van der Waals surface area contributed by atoms with Crippen LogP contribution in [0.5, 0.6) is 0 Å². The first-order chi connectivity index (χ1) is 15.5. The van der Waals surface area contributed by atoms with Crippen LogP contribution in [0.15, 0.2) is 35.9 Å². The van der Waals surface area contributed by atoms with Gasteiger partial charge in [-0.1, -0.05) is 124 Å². The largest absolute Gasteiger partial charge is 0.501 e. The third-order valence-corrected chi connectivity index (χ3v) is 7.95. The van der Waals surface area contributed by atoms with Gasteiger partial charge in [-0.2, -0.15) is 0 Å². The van der Waals surface area contributed by atoms with E-state index in [1.165, 1.54) is 114 Å². The molecule has 2 aliphatic rings. The second-order valence-electron chi connectivity index (χ2n) is 10.8. The summed E-state index contributed by atoms with van der Waals surface area (Å²) in [6.45, 7) is 12.6. The summed E-state index contributed by atoms with van der Waals surface area (Å²) in [4.78, 5) is 2.51. The fourth-order valence-corrected chi connectivity index (χ4v) is 5.51. The first kappa shape index (κ1) is 27.1. The number of ether oxygens (including phenoxy) is 1. The van der Waals surface area contributed by atoms with Gasteiger partial charge in [0.2, 0.25) is 0 Å². The molecule has 1 heterocycles. The molecule has 1 atom stereocenters. The average Bonchev–Trinajstić information content (AvgIpc) is 2.98. The van der Waals surface area contributed by atoms with E-state index in [4.69, 9.17) is 4.74 Å². The molecule has 1 saturated heterocycles. The standard InChI is InChI=1S/C30H53NO/c1-6-7-8-9-10-11-12-13-14-15-16-17-18-19-20-21-24-31-26(2)30(3,4)28-25-27(32-5)22-23-29(28)31/h22-23,28H,2,6-21,24-25H2,1,3-5H3. The van der Waals surface area contributed by atoms with E-state index in [9.17, 15) is 0 Å². The smallest absolute Gasteiger partial charge is 0.0963 e. The zero-order chi connectivity index (χ0) is 23.2. The number of likely N-dealkylation sites (tertiary alicyclic amines) is 1. The SMILES string of the molecule is C=C1N(CCCCCCCCCCCCCCCCCC)C2=CC=C(OC)CC2C1(C)C. The number of hydrogen-bond donors (Lipinski definition) is 0. The van der Waals surface area contributed by atoms with Crippen LogP contribution in [0, 0.1) is 11.3 Å². The van der Waals surface area contributed by atoms with Gasteiger partial charge >= 0.3 is 0 Å². The minimum Gasteiger partial charge on any atom is -0.501 e. The summed E-state index contributed by atoms with van der Waals surface area (Å²) >= 11 is 0. The van der Waals surface area contributed by atoms with Gasteiger partial charge in [0, 0.05) is 35.7 Å². The van der Waals surface area contributed by atoms with E-state index in [0.717, 1.165) is 18.7 Å². The van der Waals surface area contributed by atoms with Gasteiger partial charge in [-0.25, -0.2) is 0 Å². The number of rotatable bonds is 18. The third-order valence-electron chi connectivity index (χ3n) is 7.95. The predicted octanol–water partition coefficient (Wildman–Crippen LogP) is 9.54. The summed E-state index contributed by atoms with van der Waals surface area (Å²) < 4.78 is 5.53. The Morgan fingerprint density at radius 2 is 1.28 bits per heavy atom. The van der Waals surface area contributed by atoms with Crippen LogP contribution in [0.1, 0.15) is 130 Å². The number of nitrogens with zero attached hydrogens (tertiary/aromatic N) is 1.